The van der Waals surface area contributed by atoms with Crippen molar-refractivity contribution in [3.8, 4) is 0 Å². The molecule has 0 aliphatic carbocycles. The maximum absolute atomic E-state index is 12.9. The number of carbonyl (C=O) groups is 1. The Kier molecular flexibility index (Phi) is 10.7. The second kappa shape index (κ2) is 13.1. The zero-order chi connectivity index (χ0) is 27.9. The highest BCUT2D eigenvalue weighted by Gasteiger charge is 2.36. The van der Waals surface area contributed by atoms with E-state index in [1.807, 2.05) is 31.9 Å². The van der Waals surface area contributed by atoms with Crippen LogP contribution in [0.15, 0.2) is 69.1 Å². The fraction of sp³-hybridized carbons (Fsp3) is 0.581. The first kappa shape index (κ1) is 30.3. The normalized spacial score (nSPS) is 22.5. The molecule has 6 nitrogen and oxygen atoms in total. The summed E-state index contributed by atoms with van der Waals surface area (Å²) in [5.74, 6) is 0. The largest absolute Gasteiger partial charge is 0.444 e. The highest BCUT2D eigenvalue weighted by atomic mass is 16.6. The molecule has 1 amide bonds. The molecular weight excluding hydrogens is 460 g/mol. The molecule has 0 unspecified atom stereocenters. The van der Waals surface area contributed by atoms with Crippen LogP contribution in [0.2, 0.25) is 0 Å². The average molecular weight is 509 g/mol. The molecule has 2 atom stereocenters. The summed E-state index contributed by atoms with van der Waals surface area (Å²) in [4.78, 5) is 26.8. The molecule has 0 aromatic rings. The van der Waals surface area contributed by atoms with E-state index in [0.29, 0.717) is 13.1 Å². The van der Waals surface area contributed by atoms with E-state index in [4.69, 9.17) is 14.7 Å². The SMILES string of the molecule is C=CN=C(CC)C(/C(=C\C)C1=NC=CCC(CC)=C1C)=C(\C)N1C[C@@H](C)N(C(=O)OC(C)(C)C)C[C@@H]1C. The molecule has 204 valence electrons. The first-order valence-electron chi connectivity index (χ1n) is 13.6. The lowest BCUT2D eigenvalue weighted by molar-refractivity contribution is -0.00418. The number of allylic oxidation sites excluding steroid dienone is 7. The number of hydrogen-bond donors (Lipinski definition) is 0. The third kappa shape index (κ3) is 7.33. The van der Waals surface area contributed by atoms with Gasteiger partial charge in [-0.1, -0.05) is 38.2 Å². The molecule has 0 aromatic heterocycles. The van der Waals surface area contributed by atoms with Crippen molar-refractivity contribution in [1.29, 1.82) is 0 Å². The zero-order valence-corrected chi connectivity index (χ0v) is 24.8. The van der Waals surface area contributed by atoms with Crippen LogP contribution in [0.1, 0.15) is 88.5 Å². The first-order valence-corrected chi connectivity index (χ1v) is 13.6. The fourth-order valence-electron chi connectivity index (χ4n) is 5.13. The Bertz CT molecular complexity index is 1050. The van der Waals surface area contributed by atoms with E-state index in [1.165, 1.54) is 11.1 Å². The number of amides is 1. The number of rotatable bonds is 7. The monoisotopic (exact) mass is 508 g/mol. The van der Waals surface area contributed by atoms with Gasteiger partial charge >= 0.3 is 6.09 Å². The predicted molar refractivity (Wildman–Crippen MR) is 157 cm³/mol. The summed E-state index contributed by atoms with van der Waals surface area (Å²) in [7, 11) is 0. The minimum Gasteiger partial charge on any atom is -0.444 e. The summed E-state index contributed by atoms with van der Waals surface area (Å²) in [6.07, 6.45) is 10.3. The topological polar surface area (TPSA) is 57.5 Å². The van der Waals surface area contributed by atoms with Crippen molar-refractivity contribution in [2.24, 2.45) is 9.98 Å². The number of piperazine rings is 1. The van der Waals surface area contributed by atoms with Gasteiger partial charge in [-0.3, -0.25) is 9.98 Å². The number of hydrogen-bond acceptors (Lipinski definition) is 5. The average Bonchev–Trinajstić information content (AvgIpc) is 3.01. The molecule has 0 spiro atoms. The smallest absolute Gasteiger partial charge is 0.410 e. The van der Waals surface area contributed by atoms with E-state index < -0.39 is 5.60 Å². The van der Waals surface area contributed by atoms with Crippen molar-refractivity contribution in [2.45, 2.75) is 106 Å². The minimum absolute atomic E-state index is 0.00389. The molecule has 2 aliphatic heterocycles. The summed E-state index contributed by atoms with van der Waals surface area (Å²) in [5.41, 5.74) is 7.42. The van der Waals surface area contributed by atoms with Gasteiger partial charge in [-0.2, -0.15) is 0 Å². The maximum atomic E-state index is 12.9. The molecule has 0 N–H and O–H groups in total. The van der Waals surface area contributed by atoms with Crippen LogP contribution in [0, 0.1) is 0 Å². The second-order valence-electron chi connectivity index (χ2n) is 10.9. The minimum atomic E-state index is -0.519. The van der Waals surface area contributed by atoms with Crippen LogP contribution in [-0.2, 0) is 4.74 Å². The van der Waals surface area contributed by atoms with Gasteiger partial charge in [-0.15, -0.1) is 0 Å². The third-order valence-corrected chi connectivity index (χ3v) is 7.08. The van der Waals surface area contributed by atoms with E-state index in [0.717, 1.165) is 47.5 Å². The molecule has 2 aliphatic rings. The summed E-state index contributed by atoms with van der Waals surface area (Å²) >= 11 is 0. The lowest BCUT2D eigenvalue weighted by atomic mass is 9.87. The summed E-state index contributed by atoms with van der Waals surface area (Å²) in [6, 6.07) is 0.113. The summed E-state index contributed by atoms with van der Waals surface area (Å²) in [5, 5.41) is 0. The predicted octanol–water partition coefficient (Wildman–Crippen LogP) is 7.62. The highest BCUT2D eigenvalue weighted by Crippen LogP contribution is 2.31. The molecule has 2 rings (SSSR count). The number of carbonyl (C=O) groups excluding carboxylic acids is 1. The van der Waals surface area contributed by atoms with Gasteiger partial charge in [0, 0.05) is 60.1 Å². The Morgan fingerprint density at radius 3 is 2.38 bits per heavy atom. The van der Waals surface area contributed by atoms with E-state index >= 15 is 0 Å². The molecule has 37 heavy (non-hydrogen) atoms. The van der Waals surface area contributed by atoms with Gasteiger partial charge in [0.15, 0.2) is 0 Å². The lowest BCUT2D eigenvalue weighted by Crippen LogP contribution is -2.58. The molecule has 0 radical (unpaired) electrons. The van der Waals surface area contributed by atoms with Gasteiger partial charge in [-0.25, -0.2) is 4.79 Å². The molecule has 6 heteroatoms. The molecule has 0 saturated carbocycles. The molecule has 1 saturated heterocycles. The Morgan fingerprint density at radius 1 is 1.22 bits per heavy atom. The molecule has 0 bridgehead atoms. The van der Waals surface area contributed by atoms with Gasteiger partial charge in [0.25, 0.3) is 0 Å². The molecule has 1 fully saturated rings. The third-order valence-electron chi connectivity index (χ3n) is 7.08. The van der Waals surface area contributed by atoms with Crippen LogP contribution in [0.25, 0.3) is 0 Å². The van der Waals surface area contributed by atoms with Crippen molar-refractivity contribution in [2.75, 3.05) is 13.1 Å². The summed E-state index contributed by atoms with van der Waals surface area (Å²) < 4.78 is 5.70. The van der Waals surface area contributed by atoms with E-state index in [-0.39, 0.29) is 18.2 Å². The van der Waals surface area contributed by atoms with Crippen LogP contribution < -0.4 is 0 Å². The van der Waals surface area contributed by atoms with Crippen LogP contribution >= 0.6 is 0 Å². The van der Waals surface area contributed by atoms with Crippen LogP contribution in [-0.4, -0.2) is 58.1 Å². The van der Waals surface area contributed by atoms with E-state index in [1.54, 1.807) is 6.20 Å². The molecule has 2 heterocycles. The number of ether oxygens (including phenoxy) is 1. The highest BCUT2D eigenvalue weighted by molar-refractivity contribution is 6.22. The van der Waals surface area contributed by atoms with Crippen LogP contribution in [0.5, 0.6) is 0 Å². The van der Waals surface area contributed by atoms with Crippen molar-refractivity contribution in [3.63, 3.8) is 0 Å². The first-order chi connectivity index (χ1) is 17.4. The molecule has 0 aromatic carbocycles. The van der Waals surface area contributed by atoms with Crippen LogP contribution in [0.3, 0.4) is 0 Å². The van der Waals surface area contributed by atoms with Gasteiger partial charge in [0.05, 0.1) is 5.71 Å². The van der Waals surface area contributed by atoms with Gasteiger partial charge < -0.3 is 14.5 Å². The van der Waals surface area contributed by atoms with Crippen molar-refractivity contribution < 1.29 is 9.53 Å². The van der Waals surface area contributed by atoms with Crippen molar-refractivity contribution in [1.82, 2.24) is 9.80 Å². The summed E-state index contributed by atoms with van der Waals surface area (Å²) in [6.45, 7) is 25.9. The Morgan fingerprint density at radius 2 is 1.84 bits per heavy atom. The second-order valence-corrected chi connectivity index (χ2v) is 10.9. The lowest BCUT2D eigenvalue weighted by Gasteiger charge is -2.46. The van der Waals surface area contributed by atoms with Gasteiger partial charge in [0.1, 0.15) is 5.60 Å². The van der Waals surface area contributed by atoms with E-state index in [2.05, 4.69) is 72.1 Å². The quantitative estimate of drug-likeness (QED) is 0.263. The Labute approximate surface area is 225 Å². The van der Waals surface area contributed by atoms with Crippen LogP contribution in [0.4, 0.5) is 4.79 Å². The Hall–Kier alpha value is -2.89. The van der Waals surface area contributed by atoms with Crippen molar-refractivity contribution >= 4 is 17.5 Å². The standard InChI is InChI=1S/C31H48N4O2/c1-12-25-17-16-18-33-29(23(25)7)26(13-2)28(27(14-3)32-15-4)24(8)34-19-22(6)35(20-21(34)5)30(36)37-31(9,10)11/h13,15-16,18,21-22H,4,12,14,17,19-20H2,1-3,5-11H3/b26-13+,28-24+,32-27?/t21-,22+/m0/s1. The van der Waals surface area contributed by atoms with Gasteiger partial charge in [0.2, 0.25) is 0 Å². The maximum Gasteiger partial charge on any atom is 0.410 e. The molecular formula is C31H48N4O2. The number of nitrogens with zero attached hydrogens (tertiary/aromatic N) is 4. The number of aliphatic imine (C=N–C) groups is 2. The zero-order valence-electron chi connectivity index (χ0n) is 24.8. The van der Waals surface area contributed by atoms with Crippen molar-refractivity contribution in [3.05, 3.63) is 59.1 Å². The Balaban J connectivity index is 2.61. The van der Waals surface area contributed by atoms with E-state index in [9.17, 15) is 4.79 Å². The van der Waals surface area contributed by atoms with Gasteiger partial charge in [-0.05, 0) is 80.2 Å². The fourth-order valence-corrected chi connectivity index (χ4v) is 5.13.